The number of nitrogens with one attached hydrogen (secondary N) is 1. The summed E-state index contributed by atoms with van der Waals surface area (Å²) in [4.78, 5) is 13.3. The summed E-state index contributed by atoms with van der Waals surface area (Å²) in [5.41, 5.74) is 3.09. The van der Waals surface area contributed by atoms with E-state index in [0.717, 1.165) is 24.8 Å². The Morgan fingerprint density at radius 3 is 2.22 bits per heavy atom. The molecule has 0 aliphatic heterocycles. The smallest absolute Gasteiger partial charge is 0.265 e. The highest BCUT2D eigenvalue weighted by molar-refractivity contribution is 6.33. The summed E-state index contributed by atoms with van der Waals surface area (Å²) in [7, 11) is 0. The Labute approximate surface area is 222 Å². The fourth-order valence-electron chi connectivity index (χ4n) is 3.83. The van der Waals surface area contributed by atoms with Gasteiger partial charge in [0.15, 0.2) is 11.9 Å². The van der Waals surface area contributed by atoms with E-state index in [1.807, 2.05) is 19.9 Å². The lowest BCUT2D eigenvalue weighted by atomic mass is 9.76. The third kappa shape index (κ3) is 6.67. The molecule has 6 heteroatoms. The first kappa shape index (κ1) is 29.8. The van der Waals surface area contributed by atoms with Crippen LogP contribution in [-0.2, 0) is 15.6 Å². The summed E-state index contributed by atoms with van der Waals surface area (Å²) in [5, 5.41) is 13.6. The van der Waals surface area contributed by atoms with Crippen molar-refractivity contribution in [1.29, 1.82) is 0 Å². The second-order valence-corrected chi connectivity index (χ2v) is 11.1. The Morgan fingerprint density at radius 1 is 1.03 bits per heavy atom. The Bertz CT molecular complexity index is 1060. The van der Waals surface area contributed by atoms with E-state index >= 15 is 0 Å². The minimum atomic E-state index is -0.749. The molecule has 0 aromatic heterocycles. The third-order valence-corrected chi connectivity index (χ3v) is 7.81. The van der Waals surface area contributed by atoms with Crippen LogP contribution in [0.4, 0.5) is 5.69 Å². The van der Waals surface area contributed by atoms with Crippen LogP contribution in [0.1, 0.15) is 97.8 Å². The zero-order valence-corrected chi connectivity index (χ0v) is 24.2. The van der Waals surface area contributed by atoms with Crippen molar-refractivity contribution < 1.29 is 19.4 Å². The number of halogens is 1. The van der Waals surface area contributed by atoms with Crippen molar-refractivity contribution in [2.45, 2.75) is 105 Å². The number of ether oxygens (including phenoxy) is 2. The molecule has 5 nitrogen and oxygen atoms in total. The molecule has 2 N–H and O–H groups in total. The van der Waals surface area contributed by atoms with Gasteiger partial charge < -0.3 is 19.9 Å². The van der Waals surface area contributed by atoms with Gasteiger partial charge in [-0.05, 0) is 55.1 Å². The lowest BCUT2D eigenvalue weighted by molar-refractivity contribution is -0.122. The van der Waals surface area contributed by atoms with Crippen molar-refractivity contribution in [1.82, 2.24) is 0 Å². The highest BCUT2D eigenvalue weighted by Gasteiger charge is 2.29. The number of aromatic hydroxyl groups is 1. The first-order chi connectivity index (χ1) is 16.8. The highest BCUT2D eigenvalue weighted by Crippen LogP contribution is 2.41. The van der Waals surface area contributed by atoms with E-state index in [1.165, 1.54) is 5.56 Å². The maximum absolute atomic E-state index is 13.3. The first-order valence-electron chi connectivity index (χ1n) is 13.1. The van der Waals surface area contributed by atoms with Gasteiger partial charge in [-0.15, -0.1) is 0 Å². The third-order valence-electron chi connectivity index (χ3n) is 7.35. The molecule has 1 unspecified atom stereocenters. The van der Waals surface area contributed by atoms with E-state index in [-0.39, 0.29) is 33.2 Å². The number of phenols is 1. The molecule has 0 radical (unpaired) electrons. The van der Waals surface area contributed by atoms with Crippen molar-refractivity contribution in [2.24, 2.45) is 0 Å². The summed E-state index contributed by atoms with van der Waals surface area (Å²) in [5.74, 6) is 0.704. The molecule has 0 aliphatic carbocycles. The molecule has 0 fully saturated rings. The molecule has 2 rings (SSSR count). The fourth-order valence-corrected chi connectivity index (χ4v) is 4.03. The zero-order valence-electron chi connectivity index (χ0n) is 23.5. The van der Waals surface area contributed by atoms with Gasteiger partial charge in [0.1, 0.15) is 11.5 Å². The number of carbonyl (C=O) groups excluding carboxylic acids is 1. The zero-order chi connectivity index (χ0) is 27.3. The summed E-state index contributed by atoms with van der Waals surface area (Å²) < 4.78 is 12.1. The van der Waals surface area contributed by atoms with Crippen LogP contribution in [0, 0.1) is 6.92 Å². The van der Waals surface area contributed by atoms with Crippen LogP contribution in [0.5, 0.6) is 17.2 Å². The summed E-state index contributed by atoms with van der Waals surface area (Å²) in [6.07, 6.45) is 2.49. The van der Waals surface area contributed by atoms with Crippen molar-refractivity contribution in [3.63, 3.8) is 0 Å². The molecular formula is C30H44ClNO4. The summed E-state index contributed by atoms with van der Waals surface area (Å²) >= 11 is 6.33. The van der Waals surface area contributed by atoms with Crippen molar-refractivity contribution in [3.05, 3.63) is 46.0 Å². The van der Waals surface area contributed by atoms with E-state index in [9.17, 15) is 9.90 Å². The maximum Gasteiger partial charge on any atom is 0.265 e. The van der Waals surface area contributed by atoms with Gasteiger partial charge in [0.2, 0.25) is 0 Å². The van der Waals surface area contributed by atoms with Crippen LogP contribution < -0.4 is 14.8 Å². The van der Waals surface area contributed by atoms with Gasteiger partial charge in [0.05, 0.1) is 17.3 Å². The molecule has 0 aliphatic rings. The molecule has 2 aromatic carbocycles. The van der Waals surface area contributed by atoms with Gasteiger partial charge in [-0.25, -0.2) is 0 Å². The number of anilines is 1. The predicted molar refractivity (Wildman–Crippen MR) is 150 cm³/mol. The second kappa shape index (κ2) is 12.2. The summed E-state index contributed by atoms with van der Waals surface area (Å²) in [6.45, 7) is 19.4. The first-order valence-corrected chi connectivity index (χ1v) is 13.5. The number of hydrogen-bond donors (Lipinski definition) is 2. The normalized spacial score (nSPS) is 12.8. The van der Waals surface area contributed by atoms with Crippen molar-refractivity contribution in [3.8, 4) is 17.2 Å². The lowest BCUT2D eigenvalue weighted by Gasteiger charge is -2.31. The number of rotatable bonds is 12. The van der Waals surface area contributed by atoms with Gasteiger partial charge in [0, 0.05) is 17.2 Å². The number of amides is 1. The molecular weight excluding hydrogens is 474 g/mol. The number of carbonyl (C=O) groups is 1. The van der Waals surface area contributed by atoms with E-state index in [2.05, 4.69) is 59.0 Å². The number of benzene rings is 2. The molecule has 2 aromatic rings. The Balaban J connectivity index is 2.40. The van der Waals surface area contributed by atoms with Gasteiger partial charge >= 0.3 is 0 Å². The minimum absolute atomic E-state index is 0.0401. The van der Waals surface area contributed by atoms with Crippen molar-refractivity contribution in [2.75, 3.05) is 11.9 Å². The lowest BCUT2D eigenvalue weighted by Crippen LogP contribution is -2.33. The van der Waals surface area contributed by atoms with E-state index in [1.54, 1.807) is 13.0 Å². The van der Waals surface area contributed by atoms with Crippen LogP contribution in [0.15, 0.2) is 24.3 Å². The average molecular weight is 518 g/mol. The van der Waals surface area contributed by atoms with E-state index < -0.39 is 6.10 Å². The molecule has 1 amide bonds. The molecule has 0 bridgehead atoms. The SMILES string of the molecule is CCCOc1cc(NC(=O)C(CC)Oc2ccc(C(C)(C)CC)cc2C(C)(C)CC)c(O)c(Cl)c1C. The molecule has 0 spiro atoms. The highest BCUT2D eigenvalue weighted by atomic mass is 35.5. The van der Waals surface area contributed by atoms with Crippen LogP contribution in [0.3, 0.4) is 0 Å². The van der Waals surface area contributed by atoms with E-state index in [4.69, 9.17) is 21.1 Å². The van der Waals surface area contributed by atoms with Gasteiger partial charge in [0.25, 0.3) is 5.91 Å². The fraction of sp³-hybridized carbons (Fsp3) is 0.567. The summed E-state index contributed by atoms with van der Waals surface area (Å²) in [6, 6.07) is 7.94. The van der Waals surface area contributed by atoms with Crippen molar-refractivity contribution >= 4 is 23.2 Å². The average Bonchev–Trinajstić information content (AvgIpc) is 2.86. The predicted octanol–water partition coefficient (Wildman–Crippen LogP) is 8.31. The standard InChI is InChI=1S/C30H44ClNO4/c1-10-16-35-25-18-22(27(33)26(31)19(25)5)32-28(34)23(11-2)36-24-15-14-20(29(6,7)12-3)17-21(24)30(8,9)13-4/h14-15,17-18,23,33H,10-13,16H2,1-9H3,(H,32,34). The van der Waals surface area contributed by atoms with Crippen LogP contribution >= 0.6 is 11.6 Å². The Morgan fingerprint density at radius 2 is 1.67 bits per heavy atom. The van der Waals surface area contributed by atoms with Crippen LogP contribution in [0.25, 0.3) is 0 Å². The number of phenolic OH excluding ortho intramolecular Hbond substituents is 1. The molecule has 0 saturated carbocycles. The molecule has 1 atom stereocenters. The Kier molecular flexibility index (Phi) is 10.1. The van der Waals surface area contributed by atoms with E-state index in [0.29, 0.717) is 30.1 Å². The minimum Gasteiger partial charge on any atom is -0.504 e. The topological polar surface area (TPSA) is 67.8 Å². The molecule has 200 valence electrons. The largest absolute Gasteiger partial charge is 0.504 e. The quantitative estimate of drug-likeness (QED) is 0.278. The number of hydrogen-bond acceptors (Lipinski definition) is 4. The molecule has 36 heavy (non-hydrogen) atoms. The van der Waals surface area contributed by atoms with Crippen LogP contribution in [-0.4, -0.2) is 23.7 Å². The van der Waals surface area contributed by atoms with Gasteiger partial charge in [-0.1, -0.05) is 79.1 Å². The monoisotopic (exact) mass is 517 g/mol. The molecule has 0 heterocycles. The van der Waals surface area contributed by atoms with Gasteiger partial charge in [-0.2, -0.15) is 0 Å². The van der Waals surface area contributed by atoms with Crippen LogP contribution in [0.2, 0.25) is 5.02 Å². The Hall–Kier alpha value is -2.40. The second-order valence-electron chi connectivity index (χ2n) is 10.7. The van der Waals surface area contributed by atoms with Gasteiger partial charge in [-0.3, -0.25) is 4.79 Å². The maximum atomic E-state index is 13.3. The molecule has 0 saturated heterocycles.